The van der Waals surface area contributed by atoms with E-state index in [9.17, 15) is 8.42 Å². The number of thiazole rings is 1. The molecule has 2 saturated heterocycles. The molecule has 3 rings (SSSR count). The number of piperidine rings is 1. The van der Waals surface area contributed by atoms with Crippen LogP contribution in [0.15, 0.2) is 5.38 Å². The van der Waals surface area contributed by atoms with Gasteiger partial charge < -0.3 is 0 Å². The van der Waals surface area contributed by atoms with Gasteiger partial charge in [0.2, 0.25) is 0 Å². The van der Waals surface area contributed by atoms with Gasteiger partial charge in [0.05, 0.1) is 10.7 Å². The zero-order valence-electron chi connectivity index (χ0n) is 14.8. The van der Waals surface area contributed by atoms with Crippen molar-refractivity contribution in [2.45, 2.75) is 33.7 Å². The molecule has 136 valence electrons. The largest absolute Gasteiger partial charge is 0.295 e. The highest BCUT2D eigenvalue weighted by Gasteiger charge is 2.36. The van der Waals surface area contributed by atoms with Crippen LogP contribution in [0, 0.1) is 18.8 Å². The Kier molecular flexibility index (Phi) is 5.61. The van der Waals surface area contributed by atoms with Gasteiger partial charge in [-0.1, -0.05) is 13.8 Å². The predicted molar refractivity (Wildman–Crippen MR) is 97.1 cm³/mol. The van der Waals surface area contributed by atoms with Crippen molar-refractivity contribution in [3.05, 3.63) is 16.1 Å². The molecule has 2 aliphatic heterocycles. The minimum atomic E-state index is -3.32. The highest BCUT2D eigenvalue weighted by molar-refractivity contribution is 7.86. The van der Waals surface area contributed by atoms with Gasteiger partial charge in [-0.05, 0) is 25.2 Å². The molecule has 2 aliphatic rings. The summed E-state index contributed by atoms with van der Waals surface area (Å²) in [5.74, 6) is 0.885. The summed E-state index contributed by atoms with van der Waals surface area (Å²) in [7, 11) is -3.32. The first-order chi connectivity index (χ1) is 11.3. The Morgan fingerprint density at radius 3 is 2.29 bits per heavy atom. The number of hydrogen-bond acceptors (Lipinski definition) is 5. The first-order valence-corrected chi connectivity index (χ1v) is 11.0. The lowest BCUT2D eigenvalue weighted by molar-refractivity contribution is 0.161. The molecule has 0 bridgehead atoms. The van der Waals surface area contributed by atoms with Crippen molar-refractivity contribution in [1.29, 1.82) is 0 Å². The summed E-state index contributed by atoms with van der Waals surface area (Å²) in [5, 5.41) is 3.18. The summed E-state index contributed by atoms with van der Waals surface area (Å²) in [6.45, 7) is 11.1. The summed E-state index contributed by atoms with van der Waals surface area (Å²) in [6, 6.07) is 0. The van der Waals surface area contributed by atoms with Crippen LogP contribution in [-0.2, 0) is 16.8 Å². The SMILES string of the molecule is Cc1nc(CN2CCN(S(=O)(=O)N3CC(C)CC(C)C3)CC2)cs1. The topological polar surface area (TPSA) is 56.8 Å². The molecule has 1 aromatic heterocycles. The Labute approximate surface area is 149 Å². The third-order valence-electron chi connectivity index (χ3n) is 4.87. The van der Waals surface area contributed by atoms with Gasteiger partial charge in [-0.25, -0.2) is 4.98 Å². The molecule has 24 heavy (non-hydrogen) atoms. The van der Waals surface area contributed by atoms with Crippen LogP contribution in [0.5, 0.6) is 0 Å². The molecule has 0 amide bonds. The van der Waals surface area contributed by atoms with E-state index in [-0.39, 0.29) is 0 Å². The highest BCUT2D eigenvalue weighted by atomic mass is 32.2. The lowest BCUT2D eigenvalue weighted by Crippen LogP contribution is -2.55. The maximum Gasteiger partial charge on any atom is 0.282 e. The highest BCUT2D eigenvalue weighted by Crippen LogP contribution is 2.25. The van der Waals surface area contributed by atoms with E-state index in [0.29, 0.717) is 38.0 Å². The van der Waals surface area contributed by atoms with E-state index >= 15 is 0 Å². The van der Waals surface area contributed by atoms with E-state index in [1.165, 1.54) is 0 Å². The molecular weight excluding hydrogens is 344 g/mol. The number of rotatable bonds is 4. The molecule has 2 atom stereocenters. The summed E-state index contributed by atoms with van der Waals surface area (Å²) in [4.78, 5) is 6.79. The number of hydrogen-bond donors (Lipinski definition) is 0. The summed E-state index contributed by atoms with van der Waals surface area (Å²) in [6.07, 6.45) is 1.12. The Morgan fingerprint density at radius 2 is 1.75 bits per heavy atom. The molecule has 0 saturated carbocycles. The van der Waals surface area contributed by atoms with Crippen LogP contribution >= 0.6 is 11.3 Å². The molecule has 2 fully saturated rings. The number of aryl methyl sites for hydroxylation is 1. The fourth-order valence-electron chi connectivity index (χ4n) is 3.79. The van der Waals surface area contributed by atoms with E-state index in [1.807, 2.05) is 6.92 Å². The van der Waals surface area contributed by atoms with Crippen LogP contribution in [0.2, 0.25) is 0 Å². The quantitative estimate of drug-likeness (QED) is 0.809. The molecule has 0 aromatic carbocycles. The second kappa shape index (κ2) is 7.37. The Balaban J connectivity index is 1.57. The van der Waals surface area contributed by atoms with Gasteiger partial charge in [0.15, 0.2) is 0 Å². The van der Waals surface area contributed by atoms with Gasteiger partial charge in [0.25, 0.3) is 10.2 Å². The van der Waals surface area contributed by atoms with E-state index in [0.717, 1.165) is 36.8 Å². The van der Waals surface area contributed by atoms with Gasteiger partial charge in [0, 0.05) is 51.2 Å². The molecule has 2 unspecified atom stereocenters. The van der Waals surface area contributed by atoms with Gasteiger partial charge in [-0.2, -0.15) is 17.0 Å². The third-order valence-corrected chi connectivity index (χ3v) is 7.66. The number of nitrogens with zero attached hydrogens (tertiary/aromatic N) is 4. The maximum atomic E-state index is 12.9. The Hall–Kier alpha value is -0.540. The predicted octanol–water partition coefficient (Wildman–Crippen LogP) is 1.79. The van der Waals surface area contributed by atoms with E-state index < -0.39 is 10.2 Å². The van der Waals surface area contributed by atoms with Crippen molar-refractivity contribution in [3.63, 3.8) is 0 Å². The minimum absolute atomic E-state index is 0.442. The number of aromatic nitrogens is 1. The van der Waals surface area contributed by atoms with Gasteiger partial charge in [-0.3, -0.25) is 4.90 Å². The average molecular weight is 373 g/mol. The molecule has 0 radical (unpaired) electrons. The second-order valence-electron chi connectivity index (χ2n) is 7.30. The minimum Gasteiger partial charge on any atom is -0.295 e. The van der Waals surface area contributed by atoms with Crippen molar-refractivity contribution in [2.24, 2.45) is 11.8 Å². The van der Waals surface area contributed by atoms with E-state index in [1.54, 1.807) is 19.9 Å². The standard InChI is InChI=1S/C16H28N4O2S2/c1-13-8-14(2)10-20(9-13)24(21,22)19-6-4-18(5-7-19)11-16-12-23-15(3)17-16/h12-14H,4-11H2,1-3H3. The third kappa shape index (κ3) is 4.16. The van der Waals surface area contributed by atoms with Crippen LogP contribution in [-0.4, -0.2) is 66.2 Å². The Morgan fingerprint density at radius 1 is 1.12 bits per heavy atom. The first kappa shape index (κ1) is 18.3. The molecule has 0 aliphatic carbocycles. The summed E-state index contributed by atoms with van der Waals surface area (Å²) < 4.78 is 29.2. The van der Waals surface area contributed by atoms with Crippen LogP contribution in [0.25, 0.3) is 0 Å². The lowest BCUT2D eigenvalue weighted by Gasteiger charge is -2.40. The molecule has 3 heterocycles. The second-order valence-corrected chi connectivity index (χ2v) is 10.3. The fourth-order valence-corrected chi connectivity index (χ4v) is 6.23. The smallest absolute Gasteiger partial charge is 0.282 e. The van der Waals surface area contributed by atoms with Crippen LogP contribution in [0.3, 0.4) is 0 Å². The molecule has 0 spiro atoms. The summed E-state index contributed by atoms with van der Waals surface area (Å²) >= 11 is 1.67. The van der Waals surface area contributed by atoms with Crippen molar-refractivity contribution < 1.29 is 8.42 Å². The van der Waals surface area contributed by atoms with E-state index in [4.69, 9.17) is 0 Å². The van der Waals surface area contributed by atoms with Crippen LogP contribution < -0.4 is 0 Å². The Bertz CT molecular complexity index is 643. The van der Waals surface area contributed by atoms with Crippen LogP contribution in [0.4, 0.5) is 0 Å². The normalized spacial score (nSPS) is 28.3. The molecule has 6 nitrogen and oxygen atoms in total. The first-order valence-electron chi connectivity index (χ1n) is 8.73. The average Bonchev–Trinajstić information content (AvgIpc) is 2.92. The molecule has 0 N–H and O–H groups in total. The number of piperazine rings is 1. The van der Waals surface area contributed by atoms with E-state index in [2.05, 4.69) is 29.1 Å². The van der Waals surface area contributed by atoms with Gasteiger partial charge in [-0.15, -0.1) is 11.3 Å². The molecule has 1 aromatic rings. The van der Waals surface area contributed by atoms with Crippen LogP contribution in [0.1, 0.15) is 31.0 Å². The molecule has 8 heteroatoms. The van der Waals surface area contributed by atoms with Gasteiger partial charge in [0.1, 0.15) is 0 Å². The lowest BCUT2D eigenvalue weighted by atomic mass is 9.94. The zero-order chi connectivity index (χ0) is 17.3. The molecular formula is C16H28N4O2S2. The van der Waals surface area contributed by atoms with Crippen molar-refractivity contribution in [3.8, 4) is 0 Å². The zero-order valence-corrected chi connectivity index (χ0v) is 16.4. The van der Waals surface area contributed by atoms with Crippen molar-refractivity contribution >= 4 is 21.5 Å². The van der Waals surface area contributed by atoms with Crippen molar-refractivity contribution in [1.82, 2.24) is 18.5 Å². The van der Waals surface area contributed by atoms with Crippen molar-refractivity contribution in [2.75, 3.05) is 39.3 Å². The van der Waals surface area contributed by atoms with Gasteiger partial charge >= 0.3 is 0 Å². The summed E-state index contributed by atoms with van der Waals surface area (Å²) in [5.41, 5.74) is 1.09. The maximum absolute atomic E-state index is 12.9. The monoisotopic (exact) mass is 372 g/mol. The fraction of sp³-hybridized carbons (Fsp3) is 0.812.